The Morgan fingerprint density at radius 1 is 1.44 bits per heavy atom. The van der Waals surface area contributed by atoms with Crippen LogP contribution in [-0.4, -0.2) is 47.8 Å². The Balaban J connectivity index is 2.49. The zero-order valence-corrected chi connectivity index (χ0v) is 11.9. The minimum absolute atomic E-state index is 0.121. The fraction of sp³-hybridized carbons (Fsp3) is 0.929. The first-order chi connectivity index (χ1) is 8.56. The Morgan fingerprint density at radius 3 is 2.72 bits per heavy atom. The van der Waals surface area contributed by atoms with Crippen molar-refractivity contribution in [2.75, 3.05) is 19.7 Å². The minimum atomic E-state index is -0.767. The highest BCUT2D eigenvalue weighted by molar-refractivity contribution is 5.67. The predicted octanol–water partition coefficient (Wildman–Crippen LogP) is 2.38. The maximum absolute atomic E-state index is 10.7. The maximum Gasteiger partial charge on any atom is 0.306 e. The Bertz CT molecular complexity index is 257. The smallest absolute Gasteiger partial charge is 0.306 e. The lowest BCUT2D eigenvalue weighted by molar-refractivity contribution is -0.142. The van der Waals surface area contributed by atoms with Crippen LogP contribution in [-0.2, 0) is 9.53 Å². The number of aliphatic carboxylic acids is 1. The molecular weight excluding hydrogens is 230 g/mol. The molecule has 1 fully saturated rings. The topological polar surface area (TPSA) is 49.8 Å². The van der Waals surface area contributed by atoms with Crippen molar-refractivity contribution in [2.24, 2.45) is 5.92 Å². The third-order valence-corrected chi connectivity index (χ3v) is 3.93. The van der Waals surface area contributed by atoms with Gasteiger partial charge in [0.1, 0.15) is 0 Å². The highest BCUT2D eigenvalue weighted by atomic mass is 16.5. The van der Waals surface area contributed by atoms with E-state index in [1.54, 1.807) is 0 Å². The molecular formula is C14H27NO3. The second-order valence-corrected chi connectivity index (χ2v) is 5.40. The van der Waals surface area contributed by atoms with Gasteiger partial charge in [0.2, 0.25) is 0 Å². The number of hydrogen-bond donors (Lipinski definition) is 1. The highest BCUT2D eigenvalue weighted by Crippen LogP contribution is 2.20. The van der Waals surface area contributed by atoms with Crippen molar-refractivity contribution in [3.63, 3.8) is 0 Å². The van der Waals surface area contributed by atoms with Gasteiger partial charge in [-0.1, -0.05) is 27.2 Å². The number of morpholine rings is 1. The molecule has 0 bridgehead atoms. The summed E-state index contributed by atoms with van der Waals surface area (Å²) in [5.74, 6) is -0.0347. The van der Waals surface area contributed by atoms with E-state index in [1.165, 1.54) is 12.8 Å². The molecule has 1 saturated heterocycles. The molecule has 4 heteroatoms. The number of carboxylic acid groups (broad SMARTS) is 1. The largest absolute Gasteiger partial charge is 0.481 e. The summed E-state index contributed by atoms with van der Waals surface area (Å²) < 4.78 is 5.52. The van der Waals surface area contributed by atoms with E-state index in [2.05, 4.69) is 25.7 Å². The van der Waals surface area contributed by atoms with Crippen LogP contribution in [0.1, 0.15) is 46.5 Å². The molecule has 0 saturated carbocycles. The molecule has 1 aliphatic rings. The molecule has 3 unspecified atom stereocenters. The van der Waals surface area contributed by atoms with Gasteiger partial charge in [-0.25, -0.2) is 0 Å². The molecule has 0 amide bonds. The van der Waals surface area contributed by atoms with Crippen molar-refractivity contribution >= 4 is 5.97 Å². The van der Waals surface area contributed by atoms with Gasteiger partial charge in [0, 0.05) is 19.1 Å². The Kier molecular flexibility index (Phi) is 6.65. The Labute approximate surface area is 110 Å². The van der Waals surface area contributed by atoms with Gasteiger partial charge >= 0.3 is 5.97 Å². The summed E-state index contributed by atoms with van der Waals surface area (Å²) >= 11 is 0. The third kappa shape index (κ3) is 4.94. The van der Waals surface area contributed by atoms with Gasteiger partial charge in [-0.05, 0) is 18.8 Å². The van der Waals surface area contributed by atoms with E-state index in [-0.39, 0.29) is 12.5 Å². The van der Waals surface area contributed by atoms with Gasteiger partial charge in [0.05, 0.1) is 19.1 Å². The van der Waals surface area contributed by atoms with Crippen LogP contribution in [0, 0.1) is 5.92 Å². The first-order valence-corrected chi connectivity index (χ1v) is 7.14. The second-order valence-electron chi connectivity index (χ2n) is 5.40. The van der Waals surface area contributed by atoms with Gasteiger partial charge in [0.25, 0.3) is 0 Å². The summed E-state index contributed by atoms with van der Waals surface area (Å²) in [6, 6.07) is 0.570. The lowest BCUT2D eigenvalue weighted by Gasteiger charge is -2.38. The normalized spacial score (nSPS) is 24.7. The molecule has 0 spiro atoms. The highest BCUT2D eigenvalue weighted by Gasteiger charge is 2.27. The molecule has 4 nitrogen and oxygen atoms in total. The summed E-state index contributed by atoms with van der Waals surface area (Å²) in [5.41, 5.74) is 0. The average molecular weight is 257 g/mol. The van der Waals surface area contributed by atoms with Crippen LogP contribution in [0.3, 0.4) is 0 Å². The van der Waals surface area contributed by atoms with Crippen LogP contribution in [0.2, 0.25) is 0 Å². The fourth-order valence-electron chi connectivity index (χ4n) is 2.60. The molecule has 1 N–H and O–H groups in total. The van der Waals surface area contributed by atoms with Crippen LogP contribution in [0.15, 0.2) is 0 Å². The van der Waals surface area contributed by atoms with Crippen molar-refractivity contribution in [2.45, 2.75) is 58.6 Å². The van der Waals surface area contributed by atoms with E-state index in [0.29, 0.717) is 12.6 Å². The van der Waals surface area contributed by atoms with Crippen LogP contribution < -0.4 is 0 Å². The first-order valence-electron chi connectivity index (χ1n) is 7.14. The van der Waals surface area contributed by atoms with Crippen molar-refractivity contribution < 1.29 is 14.6 Å². The summed E-state index contributed by atoms with van der Waals surface area (Å²) in [7, 11) is 0. The molecule has 1 rings (SSSR count). The number of rotatable bonds is 7. The molecule has 0 aliphatic carbocycles. The number of hydrogen-bond acceptors (Lipinski definition) is 3. The molecule has 0 aromatic heterocycles. The van der Waals surface area contributed by atoms with Crippen LogP contribution >= 0.6 is 0 Å². The van der Waals surface area contributed by atoms with E-state index >= 15 is 0 Å². The fourth-order valence-corrected chi connectivity index (χ4v) is 2.60. The Morgan fingerprint density at radius 2 is 2.17 bits per heavy atom. The summed E-state index contributed by atoms with van der Waals surface area (Å²) in [5, 5.41) is 8.83. The van der Waals surface area contributed by atoms with Crippen LogP contribution in [0.25, 0.3) is 0 Å². The van der Waals surface area contributed by atoms with E-state index in [0.717, 1.165) is 25.4 Å². The molecule has 0 aromatic carbocycles. The minimum Gasteiger partial charge on any atom is -0.481 e. The van der Waals surface area contributed by atoms with Gasteiger partial charge in [-0.15, -0.1) is 0 Å². The zero-order chi connectivity index (χ0) is 13.5. The summed E-state index contributed by atoms with van der Waals surface area (Å²) in [6.07, 6.45) is 3.52. The van der Waals surface area contributed by atoms with Crippen molar-refractivity contribution in [3.8, 4) is 0 Å². The van der Waals surface area contributed by atoms with Gasteiger partial charge in [-0.3, -0.25) is 9.69 Å². The quantitative estimate of drug-likeness (QED) is 0.760. The third-order valence-electron chi connectivity index (χ3n) is 3.93. The van der Waals surface area contributed by atoms with Crippen molar-refractivity contribution in [1.82, 2.24) is 4.90 Å². The van der Waals surface area contributed by atoms with Crippen molar-refractivity contribution in [1.29, 1.82) is 0 Å². The van der Waals surface area contributed by atoms with Gasteiger partial charge in [0.15, 0.2) is 0 Å². The van der Waals surface area contributed by atoms with E-state index in [4.69, 9.17) is 9.84 Å². The summed E-state index contributed by atoms with van der Waals surface area (Å²) in [6.45, 7) is 9.09. The maximum atomic E-state index is 10.7. The first kappa shape index (κ1) is 15.4. The number of nitrogens with zero attached hydrogens (tertiary/aromatic N) is 1. The predicted molar refractivity (Wildman–Crippen MR) is 71.7 cm³/mol. The zero-order valence-electron chi connectivity index (χ0n) is 11.9. The molecule has 106 valence electrons. The van der Waals surface area contributed by atoms with Crippen LogP contribution in [0.4, 0.5) is 0 Å². The average Bonchev–Trinajstić information content (AvgIpc) is 2.35. The molecule has 1 aliphatic heterocycles. The van der Waals surface area contributed by atoms with E-state index in [9.17, 15) is 4.79 Å². The molecule has 0 aromatic rings. The van der Waals surface area contributed by atoms with E-state index < -0.39 is 5.97 Å². The molecule has 3 atom stereocenters. The lowest BCUT2D eigenvalue weighted by atomic mass is 9.96. The van der Waals surface area contributed by atoms with E-state index in [1.807, 2.05) is 0 Å². The molecule has 18 heavy (non-hydrogen) atoms. The Hall–Kier alpha value is -0.610. The van der Waals surface area contributed by atoms with Crippen LogP contribution in [0.5, 0.6) is 0 Å². The van der Waals surface area contributed by atoms with Crippen molar-refractivity contribution in [3.05, 3.63) is 0 Å². The SMILES string of the molecule is CCC(C)CC(CC)N1CCOC(CC(=O)O)C1. The number of ether oxygens (including phenoxy) is 1. The lowest BCUT2D eigenvalue weighted by Crippen LogP contribution is -2.48. The standard InChI is InChI=1S/C14H27NO3/c1-4-11(3)8-12(5-2)15-6-7-18-13(10-15)9-14(16)17/h11-13H,4-10H2,1-3H3,(H,16,17). The number of carbonyl (C=O) groups is 1. The second kappa shape index (κ2) is 7.74. The summed E-state index contributed by atoms with van der Waals surface area (Å²) in [4.78, 5) is 13.2. The number of carboxylic acids is 1. The van der Waals surface area contributed by atoms with Gasteiger partial charge < -0.3 is 9.84 Å². The van der Waals surface area contributed by atoms with Gasteiger partial charge in [-0.2, -0.15) is 0 Å². The monoisotopic (exact) mass is 257 g/mol. The molecule has 0 radical (unpaired) electrons. The molecule has 1 heterocycles.